The lowest BCUT2D eigenvalue weighted by atomic mass is 10.4. The van der Waals surface area contributed by atoms with E-state index in [-0.39, 0.29) is 0 Å². The van der Waals surface area contributed by atoms with Crippen molar-refractivity contribution in [2.75, 3.05) is 12.3 Å². The molecule has 2 rings (SSSR count). The number of halogens is 1. The van der Waals surface area contributed by atoms with Crippen molar-refractivity contribution in [3.8, 4) is 0 Å². The van der Waals surface area contributed by atoms with Crippen LogP contribution in [-0.2, 0) is 6.54 Å². The molecular formula is C12H13ClN2OS. The molecule has 0 unspecified atom stereocenters. The van der Waals surface area contributed by atoms with Gasteiger partial charge >= 0.3 is 0 Å². The van der Waals surface area contributed by atoms with E-state index < -0.39 is 0 Å². The lowest BCUT2D eigenvalue weighted by Crippen LogP contribution is -2.16. The van der Waals surface area contributed by atoms with E-state index in [2.05, 4.69) is 10.3 Å². The van der Waals surface area contributed by atoms with Gasteiger partial charge in [-0.25, -0.2) is 4.98 Å². The van der Waals surface area contributed by atoms with Crippen molar-refractivity contribution in [3.63, 3.8) is 0 Å². The van der Waals surface area contributed by atoms with Crippen molar-refractivity contribution in [2.24, 2.45) is 0 Å². The molecule has 0 aliphatic rings. The van der Waals surface area contributed by atoms with Crippen molar-refractivity contribution >= 4 is 23.4 Å². The van der Waals surface area contributed by atoms with Crippen LogP contribution in [0.25, 0.3) is 0 Å². The number of hydrogen-bond acceptors (Lipinski definition) is 4. The summed E-state index contributed by atoms with van der Waals surface area (Å²) in [6.07, 6.45) is 3.43. The van der Waals surface area contributed by atoms with E-state index in [1.165, 1.54) is 0 Å². The van der Waals surface area contributed by atoms with Gasteiger partial charge in [0.25, 0.3) is 0 Å². The first-order valence-electron chi connectivity index (χ1n) is 5.32. The molecule has 2 aromatic heterocycles. The molecule has 3 nitrogen and oxygen atoms in total. The van der Waals surface area contributed by atoms with Crippen LogP contribution in [0.5, 0.6) is 0 Å². The SMILES string of the molecule is Clc1cccnc1SCCNCc1ccco1. The van der Waals surface area contributed by atoms with Crippen LogP contribution in [0.2, 0.25) is 5.02 Å². The van der Waals surface area contributed by atoms with Crippen LogP contribution >= 0.6 is 23.4 Å². The summed E-state index contributed by atoms with van der Waals surface area (Å²) < 4.78 is 5.21. The topological polar surface area (TPSA) is 38.1 Å². The molecule has 0 saturated heterocycles. The average molecular weight is 269 g/mol. The largest absolute Gasteiger partial charge is 0.468 e. The van der Waals surface area contributed by atoms with E-state index in [0.717, 1.165) is 29.6 Å². The van der Waals surface area contributed by atoms with Gasteiger partial charge in [0.05, 0.1) is 17.8 Å². The molecule has 0 fully saturated rings. The zero-order valence-electron chi connectivity index (χ0n) is 9.23. The molecule has 0 bridgehead atoms. The second-order valence-corrected chi connectivity index (χ2v) is 4.89. The first kappa shape index (κ1) is 12.5. The Morgan fingerprint density at radius 3 is 3.06 bits per heavy atom. The number of thioether (sulfide) groups is 1. The average Bonchev–Trinajstić information content (AvgIpc) is 2.84. The summed E-state index contributed by atoms with van der Waals surface area (Å²) in [4.78, 5) is 4.21. The maximum Gasteiger partial charge on any atom is 0.117 e. The van der Waals surface area contributed by atoms with Gasteiger partial charge in [0.15, 0.2) is 0 Å². The van der Waals surface area contributed by atoms with Gasteiger partial charge in [-0.2, -0.15) is 0 Å². The van der Waals surface area contributed by atoms with Crippen LogP contribution in [0, 0.1) is 0 Å². The summed E-state index contributed by atoms with van der Waals surface area (Å²) in [5, 5.41) is 4.89. The van der Waals surface area contributed by atoms with Crippen LogP contribution in [0.4, 0.5) is 0 Å². The third kappa shape index (κ3) is 4.07. The number of furan rings is 1. The Morgan fingerprint density at radius 2 is 2.29 bits per heavy atom. The smallest absolute Gasteiger partial charge is 0.117 e. The molecule has 1 N–H and O–H groups in total. The summed E-state index contributed by atoms with van der Waals surface area (Å²) in [6.45, 7) is 1.64. The zero-order chi connectivity index (χ0) is 11.9. The minimum atomic E-state index is 0.712. The molecule has 0 spiro atoms. The van der Waals surface area contributed by atoms with Crippen LogP contribution in [0.15, 0.2) is 46.2 Å². The predicted octanol–water partition coefficient (Wildman–Crippen LogP) is 3.21. The monoisotopic (exact) mass is 268 g/mol. The van der Waals surface area contributed by atoms with E-state index >= 15 is 0 Å². The van der Waals surface area contributed by atoms with Gasteiger partial charge in [0.1, 0.15) is 10.8 Å². The Labute approximate surface area is 110 Å². The van der Waals surface area contributed by atoms with E-state index in [0.29, 0.717) is 5.02 Å². The highest BCUT2D eigenvalue weighted by Crippen LogP contribution is 2.23. The molecule has 0 aliphatic carbocycles. The summed E-state index contributed by atoms with van der Waals surface area (Å²) >= 11 is 7.65. The molecular weight excluding hydrogens is 256 g/mol. The van der Waals surface area contributed by atoms with Crippen molar-refractivity contribution in [1.82, 2.24) is 10.3 Å². The summed E-state index contributed by atoms with van der Waals surface area (Å²) in [5.41, 5.74) is 0. The van der Waals surface area contributed by atoms with Gasteiger partial charge < -0.3 is 9.73 Å². The van der Waals surface area contributed by atoms with Gasteiger partial charge in [-0.15, -0.1) is 11.8 Å². The fraction of sp³-hybridized carbons (Fsp3) is 0.250. The number of hydrogen-bond donors (Lipinski definition) is 1. The third-order valence-electron chi connectivity index (χ3n) is 2.12. The second kappa shape index (κ2) is 6.69. The zero-order valence-corrected chi connectivity index (χ0v) is 10.8. The quantitative estimate of drug-likeness (QED) is 0.645. The Morgan fingerprint density at radius 1 is 1.35 bits per heavy atom. The highest BCUT2D eigenvalue weighted by molar-refractivity contribution is 7.99. The van der Waals surface area contributed by atoms with Gasteiger partial charge in [-0.1, -0.05) is 11.6 Å². The summed E-state index contributed by atoms with van der Waals surface area (Å²) in [7, 11) is 0. The van der Waals surface area contributed by atoms with Gasteiger partial charge in [0, 0.05) is 18.5 Å². The molecule has 0 amide bonds. The molecule has 0 saturated carbocycles. The van der Waals surface area contributed by atoms with Crippen LogP contribution in [-0.4, -0.2) is 17.3 Å². The molecule has 0 atom stereocenters. The van der Waals surface area contributed by atoms with Gasteiger partial charge in [-0.05, 0) is 24.3 Å². The minimum Gasteiger partial charge on any atom is -0.468 e. The molecule has 0 aliphatic heterocycles. The number of nitrogens with one attached hydrogen (secondary N) is 1. The van der Waals surface area contributed by atoms with E-state index in [1.54, 1.807) is 24.2 Å². The Balaban J connectivity index is 1.65. The van der Waals surface area contributed by atoms with Crippen molar-refractivity contribution < 1.29 is 4.42 Å². The lowest BCUT2D eigenvalue weighted by Gasteiger charge is -2.03. The van der Waals surface area contributed by atoms with Crippen molar-refractivity contribution in [2.45, 2.75) is 11.6 Å². The molecule has 90 valence electrons. The highest BCUT2D eigenvalue weighted by atomic mass is 35.5. The second-order valence-electron chi connectivity index (χ2n) is 3.39. The normalized spacial score (nSPS) is 10.6. The molecule has 0 aromatic carbocycles. The van der Waals surface area contributed by atoms with Crippen molar-refractivity contribution in [3.05, 3.63) is 47.5 Å². The van der Waals surface area contributed by atoms with Crippen LogP contribution in [0.3, 0.4) is 0 Å². The minimum absolute atomic E-state index is 0.712. The standard InChI is InChI=1S/C12H13ClN2OS/c13-11-4-1-5-15-12(11)17-8-6-14-9-10-3-2-7-16-10/h1-5,7,14H,6,8-9H2. The fourth-order valence-corrected chi connectivity index (χ4v) is 2.39. The maximum absolute atomic E-state index is 6.00. The van der Waals surface area contributed by atoms with Gasteiger partial charge in [0.2, 0.25) is 0 Å². The van der Waals surface area contributed by atoms with E-state index in [1.807, 2.05) is 24.3 Å². The number of pyridine rings is 1. The lowest BCUT2D eigenvalue weighted by molar-refractivity contribution is 0.488. The van der Waals surface area contributed by atoms with Crippen LogP contribution in [0.1, 0.15) is 5.76 Å². The van der Waals surface area contributed by atoms with Crippen LogP contribution < -0.4 is 5.32 Å². The first-order chi connectivity index (χ1) is 8.36. The maximum atomic E-state index is 6.00. The van der Waals surface area contributed by atoms with E-state index in [4.69, 9.17) is 16.0 Å². The first-order valence-corrected chi connectivity index (χ1v) is 6.69. The highest BCUT2D eigenvalue weighted by Gasteiger charge is 2.00. The molecule has 2 heterocycles. The third-order valence-corrected chi connectivity index (χ3v) is 3.55. The predicted molar refractivity (Wildman–Crippen MR) is 70.4 cm³/mol. The number of nitrogens with zero attached hydrogens (tertiary/aromatic N) is 1. The fourth-order valence-electron chi connectivity index (χ4n) is 1.32. The van der Waals surface area contributed by atoms with Crippen molar-refractivity contribution in [1.29, 1.82) is 0 Å². The Bertz CT molecular complexity index is 448. The summed E-state index contributed by atoms with van der Waals surface area (Å²) in [6, 6.07) is 7.53. The Hall–Kier alpha value is -0.970. The molecule has 5 heteroatoms. The molecule has 0 radical (unpaired) electrons. The Kier molecular flexibility index (Phi) is 4.91. The molecule has 17 heavy (non-hydrogen) atoms. The number of aromatic nitrogens is 1. The van der Waals surface area contributed by atoms with Gasteiger partial charge in [-0.3, -0.25) is 0 Å². The summed E-state index contributed by atoms with van der Waals surface area (Å²) in [5.74, 6) is 1.88. The molecule has 2 aromatic rings. The van der Waals surface area contributed by atoms with E-state index in [9.17, 15) is 0 Å². The number of rotatable bonds is 6.